The average molecular weight is 369 g/mol. The molecule has 0 aliphatic heterocycles. The average Bonchev–Trinajstić information content (AvgIpc) is 3.01. The lowest BCUT2D eigenvalue weighted by Crippen LogP contribution is -2.23. The van der Waals surface area contributed by atoms with Crippen molar-refractivity contribution in [2.45, 2.75) is 50.6 Å². The van der Waals surface area contributed by atoms with Gasteiger partial charge < -0.3 is 5.32 Å². The lowest BCUT2D eigenvalue weighted by Gasteiger charge is -2.15. The smallest absolute Gasteiger partial charge is 0.116 e. The maximum atomic E-state index is 4.97. The summed E-state index contributed by atoms with van der Waals surface area (Å²) >= 11 is 7.45. The number of nitrogens with one attached hydrogen (secondary N) is 1. The standard InChI is InChI=1S/C15H17BrN2S2/c16-10-7-8-19-14(10)13(17-9-5-6-9)15-18-11-3-1-2-4-12(11)20-15/h7-9,13,17H,1-6H2. The number of nitrogens with zero attached hydrogens (tertiary/aromatic N) is 1. The summed E-state index contributed by atoms with van der Waals surface area (Å²) in [5.74, 6) is 0. The Morgan fingerprint density at radius 1 is 1.30 bits per heavy atom. The lowest BCUT2D eigenvalue weighted by molar-refractivity contribution is 0.600. The zero-order chi connectivity index (χ0) is 13.5. The zero-order valence-electron chi connectivity index (χ0n) is 11.2. The second-order valence-electron chi connectivity index (χ2n) is 5.64. The van der Waals surface area contributed by atoms with Crippen LogP contribution < -0.4 is 5.32 Å². The molecule has 2 nitrogen and oxygen atoms in total. The summed E-state index contributed by atoms with van der Waals surface area (Å²) in [4.78, 5) is 7.88. The number of aromatic nitrogens is 1. The quantitative estimate of drug-likeness (QED) is 0.846. The van der Waals surface area contributed by atoms with Gasteiger partial charge in [-0.2, -0.15) is 0 Å². The first kappa shape index (κ1) is 13.4. The number of thiazole rings is 1. The van der Waals surface area contributed by atoms with Gasteiger partial charge in [-0.25, -0.2) is 4.98 Å². The fraction of sp³-hybridized carbons (Fsp3) is 0.533. The van der Waals surface area contributed by atoms with E-state index in [0.717, 1.165) is 0 Å². The van der Waals surface area contributed by atoms with Crippen LogP contribution >= 0.6 is 38.6 Å². The van der Waals surface area contributed by atoms with Crippen molar-refractivity contribution in [3.8, 4) is 0 Å². The van der Waals surface area contributed by atoms with Gasteiger partial charge in [0.15, 0.2) is 0 Å². The minimum Gasteiger partial charge on any atom is -0.301 e. The third-order valence-corrected chi connectivity index (χ3v) is 7.15. The molecule has 2 aliphatic carbocycles. The molecule has 5 heteroatoms. The topological polar surface area (TPSA) is 24.9 Å². The number of hydrogen-bond acceptors (Lipinski definition) is 4. The van der Waals surface area contributed by atoms with E-state index in [1.165, 1.54) is 63.5 Å². The molecule has 2 aromatic rings. The SMILES string of the molecule is Brc1ccsc1C(NC1CC1)c1nc2c(s1)CCCC2. The van der Waals surface area contributed by atoms with Crippen LogP contribution in [0.25, 0.3) is 0 Å². The normalized spacial score (nSPS) is 19.9. The highest BCUT2D eigenvalue weighted by molar-refractivity contribution is 9.10. The molecule has 1 saturated carbocycles. The van der Waals surface area contributed by atoms with Crippen molar-refractivity contribution in [3.05, 3.63) is 36.4 Å². The molecule has 2 aromatic heterocycles. The van der Waals surface area contributed by atoms with Crippen LogP contribution in [-0.2, 0) is 12.8 Å². The molecular formula is C15H17BrN2S2. The number of thiophene rings is 1. The van der Waals surface area contributed by atoms with Crippen molar-refractivity contribution in [2.75, 3.05) is 0 Å². The molecule has 1 N–H and O–H groups in total. The summed E-state index contributed by atoms with van der Waals surface area (Å²) in [7, 11) is 0. The van der Waals surface area contributed by atoms with Crippen molar-refractivity contribution >= 4 is 38.6 Å². The van der Waals surface area contributed by atoms with Gasteiger partial charge >= 0.3 is 0 Å². The lowest BCUT2D eigenvalue weighted by atomic mass is 10.0. The minimum atomic E-state index is 0.285. The number of halogens is 1. The fourth-order valence-electron chi connectivity index (χ4n) is 2.75. The van der Waals surface area contributed by atoms with Gasteiger partial charge in [0.05, 0.1) is 11.7 Å². The van der Waals surface area contributed by atoms with E-state index in [1.54, 1.807) is 0 Å². The summed E-state index contributed by atoms with van der Waals surface area (Å²) in [6, 6.07) is 3.12. The monoisotopic (exact) mass is 368 g/mol. The van der Waals surface area contributed by atoms with E-state index in [1.807, 2.05) is 22.7 Å². The van der Waals surface area contributed by atoms with Gasteiger partial charge in [-0.3, -0.25) is 0 Å². The largest absolute Gasteiger partial charge is 0.301 e. The highest BCUT2D eigenvalue weighted by Crippen LogP contribution is 2.39. The summed E-state index contributed by atoms with van der Waals surface area (Å²) in [6.45, 7) is 0. The Bertz CT molecular complexity index is 592. The van der Waals surface area contributed by atoms with Gasteiger partial charge in [0.1, 0.15) is 5.01 Å². The van der Waals surface area contributed by atoms with Gasteiger partial charge in [-0.1, -0.05) is 0 Å². The molecule has 0 amide bonds. The van der Waals surface area contributed by atoms with E-state index in [2.05, 4.69) is 32.7 Å². The highest BCUT2D eigenvalue weighted by atomic mass is 79.9. The molecule has 0 bridgehead atoms. The predicted octanol–water partition coefficient (Wildman–Crippen LogP) is 4.69. The Morgan fingerprint density at radius 2 is 2.15 bits per heavy atom. The van der Waals surface area contributed by atoms with E-state index in [9.17, 15) is 0 Å². The molecule has 0 spiro atoms. The van der Waals surface area contributed by atoms with E-state index in [-0.39, 0.29) is 6.04 Å². The molecule has 1 fully saturated rings. The molecule has 2 heterocycles. The van der Waals surface area contributed by atoms with Crippen LogP contribution in [-0.4, -0.2) is 11.0 Å². The Kier molecular flexibility index (Phi) is 3.71. The van der Waals surface area contributed by atoms with Gasteiger partial charge in [0.2, 0.25) is 0 Å². The van der Waals surface area contributed by atoms with E-state index >= 15 is 0 Å². The van der Waals surface area contributed by atoms with Crippen molar-refractivity contribution in [2.24, 2.45) is 0 Å². The summed E-state index contributed by atoms with van der Waals surface area (Å²) in [6.07, 6.45) is 7.66. The van der Waals surface area contributed by atoms with Crippen LogP contribution in [0.15, 0.2) is 15.9 Å². The number of rotatable bonds is 4. The van der Waals surface area contributed by atoms with Crippen LogP contribution in [0.4, 0.5) is 0 Å². The van der Waals surface area contributed by atoms with Crippen molar-refractivity contribution < 1.29 is 0 Å². The van der Waals surface area contributed by atoms with Gasteiger partial charge in [-0.15, -0.1) is 22.7 Å². The molecule has 0 saturated heterocycles. The first-order valence-corrected chi connectivity index (χ1v) is 9.77. The molecule has 1 atom stereocenters. The van der Waals surface area contributed by atoms with Gasteiger partial charge in [0.25, 0.3) is 0 Å². The zero-order valence-corrected chi connectivity index (χ0v) is 14.4. The van der Waals surface area contributed by atoms with Crippen molar-refractivity contribution in [1.29, 1.82) is 0 Å². The maximum Gasteiger partial charge on any atom is 0.116 e. The molecule has 4 rings (SSSR count). The molecule has 20 heavy (non-hydrogen) atoms. The first-order valence-electron chi connectivity index (χ1n) is 7.28. The third-order valence-electron chi connectivity index (χ3n) is 4.00. The van der Waals surface area contributed by atoms with Gasteiger partial charge in [-0.05, 0) is 65.9 Å². The van der Waals surface area contributed by atoms with Crippen molar-refractivity contribution in [1.82, 2.24) is 10.3 Å². The van der Waals surface area contributed by atoms with E-state index < -0.39 is 0 Å². The number of aryl methyl sites for hydroxylation is 2. The molecule has 0 radical (unpaired) electrons. The predicted molar refractivity (Wildman–Crippen MR) is 88.8 cm³/mol. The minimum absolute atomic E-state index is 0.285. The van der Waals surface area contributed by atoms with Crippen LogP contribution in [0.3, 0.4) is 0 Å². The fourth-order valence-corrected chi connectivity index (χ4v) is 5.71. The second-order valence-corrected chi connectivity index (χ2v) is 8.55. The Balaban J connectivity index is 1.70. The van der Waals surface area contributed by atoms with E-state index in [4.69, 9.17) is 4.98 Å². The van der Waals surface area contributed by atoms with Gasteiger partial charge in [0, 0.05) is 20.3 Å². The first-order chi connectivity index (χ1) is 9.81. The summed E-state index contributed by atoms with van der Waals surface area (Å²) < 4.78 is 1.22. The summed E-state index contributed by atoms with van der Waals surface area (Å²) in [5, 5.41) is 7.22. The summed E-state index contributed by atoms with van der Waals surface area (Å²) in [5.41, 5.74) is 1.37. The number of fused-ring (bicyclic) bond motifs is 1. The molecule has 2 aliphatic rings. The molecule has 106 valence electrons. The second kappa shape index (κ2) is 5.52. The maximum absolute atomic E-state index is 4.97. The van der Waals surface area contributed by atoms with Crippen LogP contribution in [0, 0.1) is 0 Å². The molecular weight excluding hydrogens is 352 g/mol. The highest BCUT2D eigenvalue weighted by Gasteiger charge is 2.30. The van der Waals surface area contributed by atoms with Crippen LogP contribution in [0.5, 0.6) is 0 Å². The number of hydrogen-bond donors (Lipinski definition) is 1. The Morgan fingerprint density at radius 3 is 2.85 bits per heavy atom. The third kappa shape index (κ3) is 2.61. The Labute approximate surface area is 135 Å². The van der Waals surface area contributed by atoms with Crippen LogP contribution in [0.1, 0.15) is 52.2 Å². The van der Waals surface area contributed by atoms with Crippen LogP contribution in [0.2, 0.25) is 0 Å². The van der Waals surface area contributed by atoms with E-state index in [0.29, 0.717) is 6.04 Å². The molecule has 0 aromatic carbocycles. The Hall–Kier alpha value is -0.230. The molecule has 1 unspecified atom stereocenters. The van der Waals surface area contributed by atoms with Crippen molar-refractivity contribution in [3.63, 3.8) is 0 Å².